The number of nitrogens with one attached hydrogen (secondary N) is 1. The van der Waals surface area contributed by atoms with E-state index < -0.39 is 39.3 Å². The zero-order chi connectivity index (χ0) is 32.6. The number of nitro benzene ring substituents is 1. The van der Waals surface area contributed by atoms with Gasteiger partial charge >= 0.3 is 0 Å². The third kappa shape index (κ3) is 8.25. The van der Waals surface area contributed by atoms with Gasteiger partial charge < -0.3 is 19.7 Å². The first-order valence-electron chi connectivity index (χ1n) is 13.9. The molecule has 3 aromatic carbocycles. The quantitative estimate of drug-likeness (QED) is 0.206. The van der Waals surface area contributed by atoms with E-state index in [2.05, 4.69) is 5.32 Å². The van der Waals surface area contributed by atoms with E-state index in [0.717, 1.165) is 10.4 Å². The maximum atomic E-state index is 14.1. The van der Waals surface area contributed by atoms with Crippen LogP contribution in [0.1, 0.15) is 31.9 Å². The molecule has 13 heteroatoms. The van der Waals surface area contributed by atoms with Crippen molar-refractivity contribution in [2.24, 2.45) is 5.92 Å². The van der Waals surface area contributed by atoms with Crippen LogP contribution in [0.25, 0.3) is 0 Å². The summed E-state index contributed by atoms with van der Waals surface area (Å²) in [4.78, 5) is 39.1. The molecular formula is C31H38N4O8S. The summed E-state index contributed by atoms with van der Waals surface area (Å²) in [6.07, 6.45) is 0. The summed E-state index contributed by atoms with van der Waals surface area (Å²) in [5.74, 6) is 0.112. The van der Waals surface area contributed by atoms with Crippen molar-refractivity contribution in [3.8, 4) is 11.5 Å². The minimum atomic E-state index is -4.51. The number of nitrogens with zero attached hydrogens (tertiary/aromatic N) is 3. The van der Waals surface area contributed by atoms with Gasteiger partial charge in [0.15, 0.2) is 0 Å². The number of carbonyl (C=O) groups excluding carboxylic acids is 2. The molecule has 12 nitrogen and oxygen atoms in total. The highest BCUT2D eigenvalue weighted by molar-refractivity contribution is 7.92. The zero-order valence-corrected chi connectivity index (χ0v) is 26.5. The Bertz CT molecular complexity index is 1590. The number of nitro groups is 1. The Morgan fingerprint density at radius 2 is 1.61 bits per heavy atom. The standard InChI is InChI=1S/C31H38N4O8S/c1-21(2)18-32-31(37)23(4)33(19-24-8-7-9-27(16-24)43-6)30(36)20-34(25-11-13-26(42-5)14-12-25)44(40,41)28-15-10-22(3)29(17-28)35(38)39/h7-17,21,23H,18-20H2,1-6H3,(H,32,37)/t23-/m1/s1. The number of sulfonamides is 1. The smallest absolute Gasteiger partial charge is 0.273 e. The molecule has 0 radical (unpaired) electrons. The minimum Gasteiger partial charge on any atom is -0.497 e. The first-order chi connectivity index (χ1) is 20.8. The van der Waals surface area contributed by atoms with E-state index in [4.69, 9.17) is 9.47 Å². The van der Waals surface area contributed by atoms with Crippen LogP contribution in [0.3, 0.4) is 0 Å². The van der Waals surface area contributed by atoms with Crippen LogP contribution in [0.15, 0.2) is 71.6 Å². The van der Waals surface area contributed by atoms with Crippen molar-refractivity contribution in [2.75, 3.05) is 31.6 Å². The number of hydrogen-bond donors (Lipinski definition) is 1. The number of benzene rings is 3. The number of rotatable bonds is 14. The minimum absolute atomic E-state index is 0.0151. The molecule has 0 aromatic heterocycles. The Balaban J connectivity index is 2.09. The molecule has 0 spiro atoms. The van der Waals surface area contributed by atoms with Crippen molar-refractivity contribution in [1.29, 1.82) is 0 Å². The Morgan fingerprint density at radius 1 is 0.955 bits per heavy atom. The van der Waals surface area contributed by atoms with E-state index in [0.29, 0.717) is 23.6 Å². The third-order valence-electron chi connectivity index (χ3n) is 6.94. The van der Waals surface area contributed by atoms with Crippen LogP contribution in [-0.2, 0) is 26.2 Å². The SMILES string of the molecule is COc1ccc(N(CC(=O)N(Cc2cccc(OC)c2)[C@H](C)C(=O)NCC(C)C)S(=O)(=O)c2ccc(C)c([N+](=O)[O-])c2)cc1. The van der Waals surface area contributed by atoms with Crippen molar-refractivity contribution >= 4 is 33.2 Å². The van der Waals surface area contributed by atoms with Gasteiger partial charge in [0.05, 0.1) is 29.7 Å². The highest BCUT2D eigenvalue weighted by atomic mass is 32.2. The summed E-state index contributed by atoms with van der Waals surface area (Å²) in [5.41, 5.74) is 0.698. The summed E-state index contributed by atoms with van der Waals surface area (Å²) >= 11 is 0. The average molecular weight is 627 g/mol. The maximum absolute atomic E-state index is 14.1. The molecule has 1 N–H and O–H groups in total. The van der Waals surface area contributed by atoms with Crippen LogP contribution in [0.5, 0.6) is 11.5 Å². The zero-order valence-electron chi connectivity index (χ0n) is 25.6. The molecule has 236 valence electrons. The lowest BCUT2D eigenvalue weighted by Gasteiger charge is -2.32. The van der Waals surface area contributed by atoms with Gasteiger partial charge in [0, 0.05) is 24.7 Å². The summed E-state index contributed by atoms with van der Waals surface area (Å²) in [6, 6.07) is 15.6. The van der Waals surface area contributed by atoms with Crippen LogP contribution >= 0.6 is 0 Å². The van der Waals surface area contributed by atoms with E-state index in [1.54, 1.807) is 31.2 Å². The number of anilines is 1. The van der Waals surface area contributed by atoms with Crippen LogP contribution < -0.4 is 19.1 Å². The molecule has 3 aromatic rings. The van der Waals surface area contributed by atoms with Crippen LogP contribution in [0.4, 0.5) is 11.4 Å². The molecule has 0 unspecified atom stereocenters. The van der Waals surface area contributed by atoms with Gasteiger partial charge in [-0.3, -0.25) is 24.0 Å². The van der Waals surface area contributed by atoms with Crippen LogP contribution in [0.2, 0.25) is 0 Å². The molecule has 0 aliphatic rings. The fraction of sp³-hybridized carbons (Fsp3) is 0.355. The van der Waals surface area contributed by atoms with Crippen LogP contribution in [-0.4, -0.2) is 63.4 Å². The molecule has 1 atom stereocenters. The Morgan fingerprint density at radius 3 is 2.20 bits per heavy atom. The summed E-state index contributed by atoms with van der Waals surface area (Å²) in [6.45, 7) is 6.64. The summed E-state index contributed by atoms with van der Waals surface area (Å²) in [5, 5.41) is 14.4. The van der Waals surface area contributed by atoms with Crippen molar-refractivity contribution in [1.82, 2.24) is 10.2 Å². The largest absolute Gasteiger partial charge is 0.497 e. The highest BCUT2D eigenvalue weighted by Gasteiger charge is 2.33. The number of ether oxygens (including phenoxy) is 2. The van der Waals surface area contributed by atoms with E-state index in [9.17, 15) is 28.1 Å². The molecule has 0 fully saturated rings. The second-order valence-corrected chi connectivity index (χ2v) is 12.5. The molecule has 0 bridgehead atoms. The Labute approximate surface area is 257 Å². The predicted octanol–water partition coefficient (Wildman–Crippen LogP) is 4.31. The normalized spacial score (nSPS) is 11.9. The lowest BCUT2D eigenvalue weighted by Crippen LogP contribution is -2.51. The fourth-order valence-corrected chi connectivity index (χ4v) is 5.79. The molecule has 44 heavy (non-hydrogen) atoms. The number of methoxy groups -OCH3 is 2. The van der Waals surface area contributed by atoms with E-state index in [1.165, 1.54) is 62.4 Å². The Hall–Kier alpha value is -4.65. The fourth-order valence-electron chi connectivity index (χ4n) is 4.35. The lowest BCUT2D eigenvalue weighted by atomic mass is 10.1. The summed E-state index contributed by atoms with van der Waals surface area (Å²) in [7, 11) is -1.54. The van der Waals surface area contributed by atoms with Crippen molar-refractivity contribution < 1.29 is 32.4 Å². The molecular weight excluding hydrogens is 588 g/mol. The van der Waals surface area contributed by atoms with Gasteiger partial charge in [0.1, 0.15) is 24.1 Å². The number of aryl methyl sites for hydroxylation is 1. The van der Waals surface area contributed by atoms with Crippen LogP contribution in [0, 0.1) is 23.0 Å². The van der Waals surface area contributed by atoms with Crippen molar-refractivity contribution in [3.63, 3.8) is 0 Å². The molecule has 0 aliphatic carbocycles. The summed E-state index contributed by atoms with van der Waals surface area (Å²) < 4.78 is 39.5. The first-order valence-corrected chi connectivity index (χ1v) is 15.3. The van der Waals surface area contributed by atoms with E-state index in [-0.39, 0.29) is 34.3 Å². The maximum Gasteiger partial charge on any atom is 0.273 e. The molecule has 0 aliphatic heterocycles. The van der Waals surface area contributed by atoms with Gasteiger partial charge in [-0.05, 0) is 67.8 Å². The van der Waals surface area contributed by atoms with Gasteiger partial charge in [-0.15, -0.1) is 0 Å². The average Bonchev–Trinajstić information content (AvgIpc) is 3.00. The van der Waals surface area contributed by atoms with E-state index in [1.807, 2.05) is 13.8 Å². The highest BCUT2D eigenvalue weighted by Crippen LogP contribution is 2.29. The molecule has 0 saturated carbocycles. The van der Waals surface area contributed by atoms with Crippen molar-refractivity contribution in [2.45, 2.75) is 45.2 Å². The second kappa shape index (κ2) is 14.7. The van der Waals surface area contributed by atoms with Gasteiger partial charge in [0.2, 0.25) is 11.8 Å². The second-order valence-electron chi connectivity index (χ2n) is 10.6. The molecule has 0 heterocycles. The predicted molar refractivity (Wildman–Crippen MR) is 166 cm³/mol. The van der Waals surface area contributed by atoms with E-state index >= 15 is 0 Å². The van der Waals surface area contributed by atoms with Gasteiger partial charge in [0.25, 0.3) is 15.7 Å². The van der Waals surface area contributed by atoms with Gasteiger partial charge in [-0.2, -0.15) is 0 Å². The van der Waals surface area contributed by atoms with Gasteiger partial charge in [-0.25, -0.2) is 8.42 Å². The molecule has 3 rings (SSSR count). The Kier molecular flexibility index (Phi) is 11.3. The molecule has 0 saturated heterocycles. The third-order valence-corrected chi connectivity index (χ3v) is 8.71. The molecule has 2 amide bonds. The topological polar surface area (TPSA) is 148 Å². The number of carbonyl (C=O) groups is 2. The van der Waals surface area contributed by atoms with Crippen molar-refractivity contribution in [3.05, 3.63) is 88.0 Å². The number of hydrogen-bond acceptors (Lipinski definition) is 8. The number of amides is 2. The van der Waals surface area contributed by atoms with Gasteiger partial charge in [-0.1, -0.05) is 32.0 Å². The lowest BCUT2D eigenvalue weighted by molar-refractivity contribution is -0.385. The first kappa shape index (κ1) is 33.8. The monoisotopic (exact) mass is 626 g/mol.